The molecule has 1 aromatic rings. The maximum absolute atomic E-state index is 14.3. The Morgan fingerprint density at radius 1 is 0.627 bits per heavy atom. The zero-order valence-electron chi connectivity index (χ0n) is 48.7. The second-order valence-corrected chi connectivity index (χ2v) is 22.2. The van der Waals surface area contributed by atoms with E-state index in [2.05, 4.69) is 62.8 Å². The van der Waals surface area contributed by atoms with E-state index in [9.17, 15) is 63.3 Å². The lowest BCUT2D eigenvalue weighted by atomic mass is 9.84. The van der Waals surface area contributed by atoms with Gasteiger partial charge in [0.05, 0.1) is 31.1 Å². The monoisotopic (exact) mass is 1170 g/mol. The number of aliphatic imine (C=N–C) groups is 1. The molecule has 2 aliphatic carbocycles. The van der Waals surface area contributed by atoms with Gasteiger partial charge in [-0.3, -0.25) is 48.1 Å². The first-order chi connectivity index (χ1) is 39.3. The molecule has 0 radical (unpaired) electrons. The van der Waals surface area contributed by atoms with E-state index in [1.807, 2.05) is 0 Å². The molecule has 0 bridgehead atoms. The number of aromatic amines is 1. The Labute approximate surface area is 485 Å². The summed E-state index contributed by atoms with van der Waals surface area (Å²) in [5.74, 6) is -9.26. The second-order valence-electron chi connectivity index (χ2n) is 22.2. The van der Waals surface area contributed by atoms with Gasteiger partial charge in [-0.1, -0.05) is 84.5 Å². The molecule has 21 N–H and O–H groups in total. The lowest BCUT2D eigenvalue weighted by molar-refractivity contribution is -0.143. The first kappa shape index (κ1) is 70.3. The molecule has 2 fully saturated rings. The van der Waals surface area contributed by atoms with Gasteiger partial charge in [-0.15, -0.1) is 0 Å². The zero-order chi connectivity index (χ0) is 61.8. The lowest BCUT2D eigenvalue weighted by Gasteiger charge is -2.30. The number of hydrogen-bond acceptors (Lipinski definition) is 16. The summed E-state index contributed by atoms with van der Waals surface area (Å²) in [5.41, 5.74) is 22.9. The van der Waals surface area contributed by atoms with E-state index in [1.54, 1.807) is 13.8 Å². The van der Waals surface area contributed by atoms with Gasteiger partial charge in [0.1, 0.15) is 48.3 Å². The summed E-state index contributed by atoms with van der Waals surface area (Å²) < 4.78 is 0. The largest absolute Gasteiger partial charge is 0.480 e. The van der Waals surface area contributed by atoms with Gasteiger partial charge < -0.3 is 91.1 Å². The standard InChI is InChI=1S/C54H94N16O13/c1-6-29(2)42(51(80)67-40(53(82)83)24-34-17-11-8-12-18-34)68-47(76)37(20-13-21-55)64-41(73)27-61-50(79)43(31(4)71)70-52(81)44(32(5)72)69-49(78)39(25-35-26-59-28-62-35)66-48(77)38(23-33-15-9-7-10-16-33)65-45(74)30(3)63-46(75)36(56)19-14-22-60-54(57)58/h26,28-34,36-40,42-44,71-72H,6-25,27,55-56H2,1-5H3,(H,59,62)(H,61,79)(H,63,75)(H,64,73)(H,65,74)(H,66,77)(H,67,80)(H,68,76)(H,69,78)(H,70,81)(H,82,83)(H4,57,58,60)/t29?,30-,31+,32+,36-,37-,38-,39-,40-,42-,43-,44-/m0/s1. The van der Waals surface area contributed by atoms with Crippen molar-refractivity contribution in [3.8, 4) is 0 Å². The average molecular weight is 1180 g/mol. The number of amides is 9. The third-order valence-corrected chi connectivity index (χ3v) is 15.2. The predicted molar refractivity (Wildman–Crippen MR) is 305 cm³/mol. The Hall–Kier alpha value is -6.98. The molecule has 3 rings (SSSR count). The molecule has 9 amide bonds. The van der Waals surface area contributed by atoms with Crippen molar-refractivity contribution in [1.82, 2.24) is 57.8 Å². The van der Waals surface area contributed by atoms with Crippen molar-refractivity contribution in [3.05, 3.63) is 18.2 Å². The van der Waals surface area contributed by atoms with Gasteiger partial charge in [-0.2, -0.15) is 0 Å². The number of H-pyrrole nitrogens is 1. The summed E-state index contributed by atoms with van der Waals surface area (Å²) in [6, 6.07) is -12.0. The average Bonchev–Trinajstić information content (AvgIpc) is 4.13. The fraction of sp³-hybridized carbons (Fsp3) is 0.741. The predicted octanol–water partition coefficient (Wildman–Crippen LogP) is -3.08. The minimum Gasteiger partial charge on any atom is -0.480 e. The molecule has 0 aliphatic heterocycles. The van der Waals surface area contributed by atoms with Gasteiger partial charge in [0.25, 0.3) is 0 Å². The van der Waals surface area contributed by atoms with Crippen molar-refractivity contribution >= 4 is 65.1 Å². The Kier molecular flexibility index (Phi) is 31.0. The molecular weight excluding hydrogens is 1080 g/mol. The van der Waals surface area contributed by atoms with Crippen molar-refractivity contribution in [2.24, 2.45) is 45.7 Å². The molecule has 29 heteroatoms. The van der Waals surface area contributed by atoms with Crippen LogP contribution in [0.3, 0.4) is 0 Å². The number of carbonyl (C=O) groups excluding carboxylic acids is 9. The highest BCUT2D eigenvalue weighted by Crippen LogP contribution is 2.29. The van der Waals surface area contributed by atoms with Crippen molar-refractivity contribution < 1.29 is 63.3 Å². The molecule has 2 aliphatic rings. The van der Waals surface area contributed by atoms with Gasteiger partial charge in [0, 0.05) is 24.9 Å². The first-order valence-corrected chi connectivity index (χ1v) is 29.1. The Morgan fingerprint density at radius 2 is 1.14 bits per heavy atom. The molecule has 0 spiro atoms. The number of guanidine groups is 1. The van der Waals surface area contributed by atoms with Gasteiger partial charge in [0.2, 0.25) is 53.2 Å². The van der Waals surface area contributed by atoms with Crippen molar-refractivity contribution in [3.63, 3.8) is 0 Å². The first-order valence-electron chi connectivity index (χ1n) is 29.1. The van der Waals surface area contributed by atoms with E-state index in [0.29, 0.717) is 18.5 Å². The zero-order valence-corrected chi connectivity index (χ0v) is 48.7. The van der Waals surface area contributed by atoms with E-state index >= 15 is 0 Å². The minimum absolute atomic E-state index is 0.0148. The SMILES string of the molecule is CCC(C)[C@H](NC(=O)[C@H](CCCN)NC(=O)CNC(=O)[C@@H](NC(=O)[C@@H](NC(=O)[C@H](Cc1cnc[nH]1)NC(=O)[C@H](CC1CCCCC1)NC(=O)[C@H](C)NC(=O)[C@@H](N)CCCN=C(N)N)[C@@H](C)O)[C@@H](C)O)C(=O)N[C@@H](CC1CCCCC1)C(=O)O. The summed E-state index contributed by atoms with van der Waals surface area (Å²) in [4.78, 5) is 146. The molecule has 1 unspecified atom stereocenters. The molecular formula is C54H94N16O13. The van der Waals surface area contributed by atoms with E-state index in [1.165, 1.54) is 26.4 Å². The van der Waals surface area contributed by atoms with Crippen LogP contribution in [0.15, 0.2) is 17.5 Å². The smallest absolute Gasteiger partial charge is 0.326 e. The van der Waals surface area contributed by atoms with Crippen LogP contribution in [0.5, 0.6) is 0 Å². The van der Waals surface area contributed by atoms with Crippen molar-refractivity contribution in [2.45, 2.75) is 217 Å². The van der Waals surface area contributed by atoms with Crippen LogP contribution >= 0.6 is 0 Å². The van der Waals surface area contributed by atoms with E-state index in [0.717, 1.165) is 71.1 Å². The number of nitrogens with one attached hydrogen (secondary N) is 10. The number of carbonyl (C=O) groups is 10. The Balaban J connectivity index is 1.73. The number of aromatic nitrogens is 2. The number of rotatable bonds is 36. The van der Waals surface area contributed by atoms with Crippen LogP contribution < -0.4 is 70.8 Å². The number of nitrogens with zero attached hydrogens (tertiary/aromatic N) is 2. The number of carboxylic acids is 1. The quantitative estimate of drug-likeness (QED) is 0.0180. The third kappa shape index (κ3) is 25.2. The van der Waals surface area contributed by atoms with E-state index < -0.39 is 138 Å². The number of aliphatic carboxylic acids is 1. The maximum Gasteiger partial charge on any atom is 0.326 e. The minimum atomic E-state index is -1.81. The van der Waals surface area contributed by atoms with Crippen LogP contribution in [0.1, 0.15) is 149 Å². The van der Waals surface area contributed by atoms with Gasteiger partial charge in [-0.25, -0.2) is 9.78 Å². The third-order valence-electron chi connectivity index (χ3n) is 15.2. The van der Waals surface area contributed by atoms with Gasteiger partial charge in [-0.05, 0) is 83.6 Å². The molecule has 1 aromatic heterocycles. The highest BCUT2D eigenvalue weighted by molar-refractivity contribution is 5.98. The highest BCUT2D eigenvalue weighted by Gasteiger charge is 2.38. The summed E-state index contributed by atoms with van der Waals surface area (Å²) >= 11 is 0. The summed E-state index contributed by atoms with van der Waals surface area (Å²) in [6.07, 6.45) is 10.1. The van der Waals surface area contributed by atoms with Crippen LogP contribution in [0.25, 0.3) is 0 Å². The number of aliphatic hydroxyl groups excluding tert-OH is 2. The summed E-state index contributed by atoms with van der Waals surface area (Å²) in [6.45, 7) is 6.86. The molecule has 2 saturated carbocycles. The highest BCUT2D eigenvalue weighted by atomic mass is 16.4. The van der Waals surface area contributed by atoms with E-state index in [-0.39, 0.29) is 69.4 Å². The molecule has 12 atom stereocenters. The molecule has 29 nitrogen and oxygen atoms in total. The maximum atomic E-state index is 14.3. The fourth-order valence-electron chi connectivity index (χ4n) is 10.0. The molecule has 1 heterocycles. The number of imidazole rings is 1. The number of aliphatic hydroxyl groups is 2. The lowest BCUT2D eigenvalue weighted by Crippen LogP contribution is -2.63. The molecule has 83 heavy (non-hydrogen) atoms. The number of nitrogens with two attached hydrogens (primary N) is 4. The number of hydrogen-bond donors (Lipinski definition) is 17. The van der Waals surface area contributed by atoms with Crippen LogP contribution in [0.4, 0.5) is 0 Å². The molecule has 0 aromatic carbocycles. The number of carboxylic acid groups (broad SMARTS) is 1. The fourth-order valence-corrected chi connectivity index (χ4v) is 10.0. The molecule has 0 saturated heterocycles. The Morgan fingerprint density at radius 3 is 1.69 bits per heavy atom. The topological polar surface area (TPSA) is 485 Å². The van der Waals surface area contributed by atoms with Gasteiger partial charge in [0.15, 0.2) is 5.96 Å². The van der Waals surface area contributed by atoms with Crippen LogP contribution in [-0.4, -0.2) is 177 Å². The van der Waals surface area contributed by atoms with Crippen LogP contribution in [0.2, 0.25) is 0 Å². The molecule has 468 valence electrons. The second kappa shape index (κ2) is 36.6. The van der Waals surface area contributed by atoms with Crippen LogP contribution in [0, 0.1) is 17.8 Å². The van der Waals surface area contributed by atoms with E-state index in [4.69, 9.17) is 22.9 Å². The van der Waals surface area contributed by atoms with Crippen molar-refractivity contribution in [2.75, 3.05) is 19.6 Å². The Bertz CT molecular complexity index is 2290. The van der Waals surface area contributed by atoms with Gasteiger partial charge >= 0.3 is 5.97 Å². The summed E-state index contributed by atoms with van der Waals surface area (Å²) in [5, 5.41) is 54.4. The van der Waals surface area contributed by atoms with Crippen LogP contribution in [-0.2, 0) is 54.4 Å². The van der Waals surface area contributed by atoms with Crippen molar-refractivity contribution in [1.29, 1.82) is 0 Å². The normalized spacial score (nSPS) is 18.2. The summed E-state index contributed by atoms with van der Waals surface area (Å²) in [7, 11) is 0.